The predicted molar refractivity (Wildman–Crippen MR) is 105 cm³/mol. The molecule has 0 aliphatic heterocycles. The van der Waals surface area contributed by atoms with Crippen LogP contribution in [0.5, 0.6) is 5.75 Å². The van der Waals surface area contributed by atoms with Gasteiger partial charge < -0.3 is 10.1 Å². The fraction of sp³-hybridized carbons (Fsp3) is 0.111. The minimum Gasteiger partial charge on any atom is -0.495 e. The van der Waals surface area contributed by atoms with Crippen molar-refractivity contribution in [1.29, 1.82) is 0 Å². The van der Waals surface area contributed by atoms with Gasteiger partial charge in [-0.1, -0.05) is 22.9 Å². The van der Waals surface area contributed by atoms with Crippen molar-refractivity contribution in [2.45, 2.75) is 6.92 Å². The minimum atomic E-state index is -0.254. The van der Waals surface area contributed by atoms with E-state index in [1.54, 1.807) is 42.0 Å². The number of fused-ring (bicyclic) bond motifs is 1. The molecular weight excluding hydrogens is 386 g/mol. The van der Waals surface area contributed by atoms with Crippen LogP contribution < -0.4 is 10.1 Å². The molecule has 2 heterocycles. The van der Waals surface area contributed by atoms with Crippen molar-refractivity contribution < 1.29 is 9.53 Å². The maximum absolute atomic E-state index is 12.5. The Balaban J connectivity index is 1.68. The molecule has 9 heteroatoms. The van der Waals surface area contributed by atoms with Crippen LogP contribution in [-0.4, -0.2) is 32.8 Å². The summed E-state index contributed by atoms with van der Waals surface area (Å²) >= 11 is 7.30. The van der Waals surface area contributed by atoms with Gasteiger partial charge in [0.05, 0.1) is 12.8 Å². The summed E-state index contributed by atoms with van der Waals surface area (Å²) in [5, 5.41) is 16.8. The second-order valence-corrected chi connectivity index (χ2v) is 7.12. The van der Waals surface area contributed by atoms with Crippen LogP contribution in [0.3, 0.4) is 0 Å². The molecular formula is C18H14ClN5O2S. The molecule has 0 atom stereocenters. The van der Waals surface area contributed by atoms with Crippen molar-refractivity contribution in [3.8, 4) is 16.3 Å². The molecule has 7 nitrogen and oxygen atoms in total. The Morgan fingerprint density at radius 2 is 1.96 bits per heavy atom. The van der Waals surface area contributed by atoms with E-state index >= 15 is 0 Å². The number of anilines is 1. The summed E-state index contributed by atoms with van der Waals surface area (Å²) in [5.41, 5.74) is 1.90. The van der Waals surface area contributed by atoms with Gasteiger partial charge in [0.2, 0.25) is 4.96 Å². The van der Waals surface area contributed by atoms with Crippen molar-refractivity contribution in [2.75, 3.05) is 12.4 Å². The number of rotatable bonds is 4. The van der Waals surface area contributed by atoms with Crippen LogP contribution in [0.25, 0.3) is 15.5 Å². The lowest BCUT2D eigenvalue weighted by molar-refractivity contribution is 0.102. The average molecular weight is 400 g/mol. The molecule has 27 heavy (non-hydrogen) atoms. The average Bonchev–Trinajstić information content (AvgIpc) is 3.24. The van der Waals surface area contributed by atoms with E-state index in [0.29, 0.717) is 27.0 Å². The molecule has 2 aromatic carbocycles. The predicted octanol–water partition coefficient (Wildman–Crippen LogP) is 4.08. The molecule has 4 rings (SSSR count). The molecule has 0 bridgehead atoms. The molecule has 0 unspecified atom stereocenters. The first-order chi connectivity index (χ1) is 13.0. The maximum atomic E-state index is 12.5. The summed E-state index contributed by atoms with van der Waals surface area (Å²) < 4.78 is 7.07. The number of hydrogen-bond donors (Lipinski definition) is 1. The molecule has 0 spiro atoms. The Labute approximate surface area is 163 Å². The zero-order valence-electron chi connectivity index (χ0n) is 14.4. The summed E-state index contributed by atoms with van der Waals surface area (Å²) in [6.45, 7) is 1.84. The fourth-order valence-electron chi connectivity index (χ4n) is 2.57. The Kier molecular flexibility index (Phi) is 4.51. The van der Waals surface area contributed by atoms with E-state index < -0.39 is 0 Å². The number of aryl methyl sites for hydroxylation is 1. The molecule has 0 aliphatic rings. The van der Waals surface area contributed by atoms with Crippen molar-refractivity contribution >= 4 is 39.5 Å². The number of methoxy groups -OCH3 is 1. The normalized spacial score (nSPS) is 10.9. The van der Waals surface area contributed by atoms with Crippen molar-refractivity contribution in [3.63, 3.8) is 0 Å². The molecule has 0 fully saturated rings. The van der Waals surface area contributed by atoms with Crippen LogP contribution in [0.4, 0.5) is 5.69 Å². The van der Waals surface area contributed by atoms with Gasteiger partial charge in [-0.15, -0.1) is 10.2 Å². The highest BCUT2D eigenvalue weighted by molar-refractivity contribution is 7.19. The number of ether oxygens (including phenoxy) is 1. The molecule has 0 radical (unpaired) electrons. The highest BCUT2D eigenvalue weighted by Gasteiger charge is 2.15. The SMILES string of the molecule is COc1ccc(-c2nn3c(C)nnc3s2)cc1NC(=O)c1ccc(Cl)cc1. The van der Waals surface area contributed by atoms with Crippen LogP contribution in [-0.2, 0) is 0 Å². The zero-order valence-corrected chi connectivity index (χ0v) is 16.0. The number of hydrogen-bond acceptors (Lipinski definition) is 6. The highest BCUT2D eigenvalue weighted by atomic mass is 35.5. The van der Waals surface area contributed by atoms with E-state index in [1.807, 2.05) is 19.1 Å². The van der Waals surface area contributed by atoms with E-state index in [2.05, 4.69) is 20.6 Å². The number of nitrogens with zero attached hydrogens (tertiary/aromatic N) is 4. The first-order valence-electron chi connectivity index (χ1n) is 7.99. The number of carbonyl (C=O) groups excluding carboxylic acids is 1. The van der Waals surface area contributed by atoms with Gasteiger partial charge in [0, 0.05) is 16.1 Å². The number of amides is 1. The van der Waals surface area contributed by atoms with Crippen LogP contribution >= 0.6 is 22.9 Å². The van der Waals surface area contributed by atoms with Gasteiger partial charge in [-0.25, -0.2) is 0 Å². The lowest BCUT2D eigenvalue weighted by Gasteiger charge is -2.11. The summed E-state index contributed by atoms with van der Waals surface area (Å²) in [6, 6.07) is 12.2. The zero-order chi connectivity index (χ0) is 19.0. The smallest absolute Gasteiger partial charge is 0.255 e. The first kappa shape index (κ1) is 17.4. The summed E-state index contributed by atoms with van der Waals surface area (Å²) in [5.74, 6) is 1.02. The first-order valence-corrected chi connectivity index (χ1v) is 9.19. The van der Waals surface area contributed by atoms with Crippen LogP contribution in [0.1, 0.15) is 16.2 Å². The van der Waals surface area contributed by atoms with Gasteiger partial charge in [-0.3, -0.25) is 4.79 Å². The topological polar surface area (TPSA) is 81.4 Å². The molecule has 0 saturated heterocycles. The van der Waals surface area contributed by atoms with Crippen LogP contribution in [0, 0.1) is 6.92 Å². The van der Waals surface area contributed by atoms with E-state index in [0.717, 1.165) is 16.4 Å². The molecule has 4 aromatic rings. The lowest BCUT2D eigenvalue weighted by Crippen LogP contribution is -2.12. The van der Waals surface area contributed by atoms with Gasteiger partial charge in [-0.2, -0.15) is 9.61 Å². The van der Waals surface area contributed by atoms with E-state index in [4.69, 9.17) is 16.3 Å². The van der Waals surface area contributed by atoms with E-state index in [-0.39, 0.29) is 5.91 Å². The Morgan fingerprint density at radius 3 is 2.67 bits per heavy atom. The quantitative estimate of drug-likeness (QED) is 0.559. The number of benzene rings is 2. The maximum Gasteiger partial charge on any atom is 0.255 e. The molecule has 0 saturated carbocycles. The van der Waals surface area contributed by atoms with Crippen LogP contribution in [0.15, 0.2) is 42.5 Å². The third kappa shape index (κ3) is 3.36. The van der Waals surface area contributed by atoms with Crippen molar-refractivity contribution in [2.24, 2.45) is 0 Å². The number of nitrogens with one attached hydrogen (secondary N) is 1. The molecule has 1 amide bonds. The van der Waals surface area contributed by atoms with Gasteiger partial charge >= 0.3 is 0 Å². The van der Waals surface area contributed by atoms with Crippen molar-refractivity contribution in [1.82, 2.24) is 19.8 Å². The molecule has 2 aromatic heterocycles. The van der Waals surface area contributed by atoms with E-state index in [9.17, 15) is 4.79 Å². The monoisotopic (exact) mass is 399 g/mol. The van der Waals surface area contributed by atoms with E-state index in [1.165, 1.54) is 11.3 Å². The third-order valence-electron chi connectivity index (χ3n) is 3.95. The number of carbonyl (C=O) groups is 1. The largest absolute Gasteiger partial charge is 0.495 e. The number of halogens is 1. The molecule has 1 N–H and O–H groups in total. The Bertz CT molecular complexity index is 1140. The van der Waals surface area contributed by atoms with Gasteiger partial charge in [0.25, 0.3) is 5.91 Å². The lowest BCUT2D eigenvalue weighted by atomic mass is 10.1. The molecule has 136 valence electrons. The second kappa shape index (κ2) is 6.98. The second-order valence-electron chi connectivity index (χ2n) is 5.72. The summed E-state index contributed by atoms with van der Waals surface area (Å²) in [4.78, 5) is 13.3. The van der Waals surface area contributed by atoms with Gasteiger partial charge in [-0.05, 0) is 49.4 Å². The Hall–Kier alpha value is -2.97. The standard InChI is InChI=1S/C18H14ClN5O2S/c1-10-21-22-18-24(10)23-17(27-18)12-5-8-15(26-2)14(9-12)20-16(25)11-3-6-13(19)7-4-11/h3-9H,1-2H3,(H,20,25). The van der Waals surface area contributed by atoms with Crippen molar-refractivity contribution in [3.05, 3.63) is 58.9 Å². The Morgan fingerprint density at radius 1 is 1.19 bits per heavy atom. The highest BCUT2D eigenvalue weighted by Crippen LogP contribution is 2.33. The minimum absolute atomic E-state index is 0.254. The third-order valence-corrected chi connectivity index (χ3v) is 5.15. The summed E-state index contributed by atoms with van der Waals surface area (Å²) in [7, 11) is 1.56. The van der Waals surface area contributed by atoms with Crippen LogP contribution in [0.2, 0.25) is 5.02 Å². The fourth-order valence-corrected chi connectivity index (χ4v) is 3.57. The van der Waals surface area contributed by atoms with Gasteiger partial charge in [0.1, 0.15) is 10.8 Å². The number of aromatic nitrogens is 4. The molecule has 0 aliphatic carbocycles. The van der Waals surface area contributed by atoms with Gasteiger partial charge in [0.15, 0.2) is 5.82 Å². The summed E-state index contributed by atoms with van der Waals surface area (Å²) in [6.07, 6.45) is 0.